The van der Waals surface area contributed by atoms with Crippen molar-refractivity contribution >= 4 is 28.6 Å². The lowest BCUT2D eigenvalue weighted by atomic mass is 10.2. The Morgan fingerprint density at radius 2 is 2.38 bits per heavy atom. The Morgan fingerprint density at radius 3 is 3.00 bits per heavy atom. The molecular weight excluding hydrogens is 206 g/mol. The molecule has 66 valence electrons. The molecule has 0 bridgehead atoms. The van der Waals surface area contributed by atoms with Gasteiger partial charge in [0.1, 0.15) is 0 Å². The van der Waals surface area contributed by atoms with E-state index in [0.717, 1.165) is 10.6 Å². The average molecular weight is 211 g/mol. The van der Waals surface area contributed by atoms with Crippen molar-refractivity contribution in [2.24, 2.45) is 0 Å². The van der Waals surface area contributed by atoms with Crippen LogP contribution in [-0.2, 0) is 0 Å². The quantitative estimate of drug-likeness (QED) is 0.830. The van der Waals surface area contributed by atoms with E-state index in [2.05, 4.69) is 4.98 Å². The molecule has 13 heavy (non-hydrogen) atoms. The lowest BCUT2D eigenvalue weighted by molar-refractivity contribution is 0.0698. The van der Waals surface area contributed by atoms with Crippen molar-refractivity contribution in [1.29, 1.82) is 0 Å². The summed E-state index contributed by atoms with van der Waals surface area (Å²) in [5.74, 6) is -0.899. The third-order valence-electron chi connectivity index (χ3n) is 1.56. The fourth-order valence-electron chi connectivity index (χ4n) is 1.00. The molecular formula is C8H5NO2S2. The predicted molar refractivity (Wildman–Crippen MR) is 52.4 cm³/mol. The van der Waals surface area contributed by atoms with Crippen LogP contribution in [-0.4, -0.2) is 16.1 Å². The fourth-order valence-corrected chi connectivity index (χ4v) is 2.47. The first-order valence-corrected chi connectivity index (χ1v) is 5.30. The number of hydrogen-bond acceptors (Lipinski definition) is 4. The van der Waals surface area contributed by atoms with E-state index in [1.165, 1.54) is 22.7 Å². The highest BCUT2D eigenvalue weighted by molar-refractivity contribution is 7.14. The zero-order valence-corrected chi connectivity index (χ0v) is 8.06. The molecule has 0 saturated carbocycles. The van der Waals surface area contributed by atoms with Crippen molar-refractivity contribution in [2.75, 3.05) is 0 Å². The second-order valence-electron chi connectivity index (χ2n) is 2.34. The minimum absolute atomic E-state index is 0.330. The average Bonchev–Trinajstić information content (AvgIpc) is 2.74. The van der Waals surface area contributed by atoms with Gasteiger partial charge < -0.3 is 5.11 Å². The third-order valence-corrected chi connectivity index (χ3v) is 3.08. The molecule has 0 atom stereocenters. The van der Waals surface area contributed by atoms with Crippen molar-refractivity contribution < 1.29 is 9.90 Å². The summed E-state index contributed by atoms with van der Waals surface area (Å²) in [7, 11) is 0. The summed E-state index contributed by atoms with van der Waals surface area (Å²) in [4.78, 5) is 15.6. The SMILES string of the molecule is O=C(O)c1ccsc1-c1cscn1. The molecule has 2 aromatic heterocycles. The molecule has 0 saturated heterocycles. The topological polar surface area (TPSA) is 50.2 Å². The highest BCUT2D eigenvalue weighted by Gasteiger charge is 2.13. The van der Waals surface area contributed by atoms with Gasteiger partial charge in [-0.1, -0.05) is 0 Å². The number of carboxylic acids is 1. The van der Waals surface area contributed by atoms with Gasteiger partial charge in [-0.05, 0) is 11.4 Å². The molecule has 5 heteroatoms. The number of aromatic nitrogens is 1. The molecule has 0 aliphatic carbocycles. The zero-order chi connectivity index (χ0) is 9.26. The van der Waals surface area contributed by atoms with Crippen LogP contribution >= 0.6 is 22.7 Å². The molecule has 0 aliphatic heterocycles. The van der Waals surface area contributed by atoms with Gasteiger partial charge in [-0.3, -0.25) is 0 Å². The second-order valence-corrected chi connectivity index (χ2v) is 3.98. The number of carboxylic acid groups (broad SMARTS) is 1. The van der Waals surface area contributed by atoms with Crippen LogP contribution in [0.3, 0.4) is 0 Å². The van der Waals surface area contributed by atoms with Crippen molar-refractivity contribution in [1.82, 2.24) is 4.98 Å². The van der Waals surface area contributed by atoms with E-state index >= 15 is 0 Å². The lowest BCUT2D eigenvalue weighted by Crippen LogP contribution is -1.95. The van der Waals surface area contributed by atoms with Gasteiger partial charge >= 0.3 is 5.97 Å². The first kappa shape index (κ1) is 8.40. The monoisotopic (exact) mass is 211 g/mol. The molecule has 0 aliphatic rings. The molecule has 0 spiro atoms. The molecule has 0 fully saturated rings. The minimum Gasteiger partial charge on any atom is -0.478 e. The van der Waals surface area contributed by atoms with E-state index in [-0.39, 0.29) is 0 Å². The van der Waals surface area contributed by atoms with Crippen molar-refractivity contribution in [3.63, 3.8) is 0 Å². The summed E-state index contributed by atoms with van der Waals surface area (Å²) in [6, 6.07) is 1.60. The zero-order valence-electron chi connectivity index (χ0n) is 6.43. The molecule has 1 N–H and O–H groups in total. The number of thiophene rings is 1. The summed E-state index contributed by atoms with van der Waals surface area (Å²) >= 11 is 2.86. The summed E-state index contributed by atoms with van der Waals surface area (Å²) in [5, 5.41) is 12.4. The second kappa shape index (κ2) is 3.27. The minimum atomic E-state index is -0.899. The molecule has 0 radical (unpaired) electrons. The van der Waals surface area contributed by atoms with E-state index in [1.54, 1.807) is 17.0 Å². The Labute approximate surface area is 82.3 Å². The Balaban J connectivity index is 2.52. The maximum Gasteiger partial charge on any atom is 0.337 e. The van der Waals surface area contributed by atoms with Crippen molar-refractivity contribution in [3.8, 4) is 10.6 Å². The number of aromatic carboxylic acids is 1. The fraction of sp³-hybridized carbons (Fsp3) is 0. The van der Waals surface area contributed by atoms with Gasteiger partial charge in [0.05, 0.1) is 21.6 Å². The summed E-state index contributed by atoms with van der Waals surface area (Å²) < 4.78 is 0. The lowest BCUT2D eigenvalue weighted by Gasteiger charge is -1.93. The molecule has 0 aromatic carbocycles. The highest BCUT2D eigenvalue weighted by Crippen LogP contribution is 2.28. The van der Waals surface area contributed by atoms with E-state index in [0.29, 0.717) is 5.56 Å². The Morgan fingerprint density at radius 1 is 1.54 bits per heavy atom. The number of hydrogen-bond donors (Lipinski definition) is 1. The summed E-state index contributed by atoms with van der Waals surface area (Å²) in [6.45, 7) is 0. The summed E-state index contributed by atoms with van der Waals surface area (Å²) in [5.41, 5.74) is 2.77. The van der Waals surface area contributed by atoms with Gasteiger partial charge in [-0.2, -0.15) is 0 Å². The van der Waals surface area contributed by atoms with Crippen LogP contribution in [0.15, 0.2) is 22.3 Å². The number of rotatable bonds is 2. The van der Waals surface area contributed by atoms with Gasteiger partial charge in [-0.15, -0.1) is 22.7 Å². The van der Waals surface area contributed by atoms with Gasteiger partial charge in [-0.25, -0.2) is 9.78 Å². The smallest absolute Gasteiger partial charge is 0.337 e. The van der Waals surface area contributed by atoms with Crippen LogP contribution in [0.4, 0.5) is 0 Å². The van der Waals surface area contributed by atoms with Crippen LogP contribution in [0, 0.1) is 0 Å². The molecule has 2 aromatic rings. The van der Waals surface area contributed by atoms with Crippen LogP contribution in [0.5, 0.6) is 0 Å². The molecule has 0 unspecified atom stereocenters. The van der Waals surface area contributed by atoms with Crippen LogP contribution in [0.25, 0.3) is 10.6 Å². The Bertz CT molecular complexity index is 419. The van der Waals surface area contributed by atoms with Gasteiger partial charge in [0, 0.05) is 5.38 Å². The predicted octanol–water partition coefficient (Wildman–Crippen LogP) is 2.57. The normalized spacial score (nSPS) is 10.2. The summed E-state index contributed by atoms with van der Waals surface area (Å²) in [6.07, 6.45) is 0. The highest BCUT2D eigenvalue weighted by atomic mass is 32.1. The van der Waals surface area contributed by atoms with E-state index in [1.807, 2.05) is 5.38 Å². The molecule has 0 amide bonds. The molecule has 2 heterocycles. The van der Waals surface area contributed by atoms with Crippen molar-refractivity contribution in [3.05, 3.63) is 27.9 Å². The number of thiazole rings is 1. The standard InChI is InChI=1S/C8H5NO2S2/c10-8(11)5-1-2-13-7(5)6-3-12-4-9-6/h1-4H,(H,10,11). The number of carbonyl (C=O) groups is 1. The van der Waals surface area contributed by atoms with E-state index in [4.69, 9.17) is 5.11 Å². The van der Waals surface area contributed by atoms with Crippen LogP contribution < -0.4 is 0 Å². The maximum absolute atomic E-state index is 10.8. The Kier molecular flexibility index (Phi) is 2.12. The van der Waals surface area contributed by atoms with E-state index in [9.17, 15) is 4.79 Å². The number of nitrogens with zero attached hydrogens (tertiary/aromatic N) is 1. The van der Waals surface area contributed by atoms with Crippen LogP contribution in [0.1, 0.15) is 10.4 Å². The van der Waals surface area contributed by atoms with Crippen molar-refractivity contribution in [2.45, 2.75) is 0 Å². The van der Waals surface area contributed by atoms with Crippen LogP contribution in [0.2, 0.25) is 0 Å². The molecule has 2 rings (SSSR count). The third kappa shape index (κ3) is 1.48. The largest absolute Gasteiger partial charge is 0.478 e. The Hall–Kier alpha value is -1.20. The van der Waals surface area contributed by atoms with Gasteiger partial charge in [0.2, 0.25) is 0 Å². The first-order valence-electron chi connectivity index (χ1n) is 3.48. The molecule has 3 nitrogen and oxygen atoms in total. The first-order chi connectivity index (χ1) is 6.29. The van der Waals surface area contributed by atoms with E-state index < -0.39 is 5.97 Å². The van der Waals surface area contributed by atoms with Gasteiger partial charge in [0.15, 0.2) is 0 Å². The van der Waals surface area contributed by atoms with Gasteiger partial charge in [0.25, 0.3) is 0 Å². The maximum atomic E-state index is 10.8.